The first-order valence-electron chi connectivity index (χ1n) is 9.13. The Morgan fingerprint density at radius 2 is 1.82 bits per heavy atom. The van der Waals surface area contributed by atoms with Crippen molar-refractivity contribution in [1.29, 1.82) is 0 Å². The molecule has 0 saturated heterocycles. The van der Waals surface area contributed by atoms with Gasteiger partial charge in [-0.25, -0.2) is 0 Å². The topological polar surface area (TPSA) is 85.3 Å². The number of allylic oxidation sites excluding steroid dienone is 2. The molecule has 0 aliphatic heterocycles. The predicted molar refractivity (Wildman–Crippen MR) is 108 cm³/mol. The summed E-state index contributed by atoms with van der Waals surface area (Å²) in [4.78, 5) is 24.9. The molecule has 3 aromatic rings. The quantitative estimate of drug-likeness (QED) is 0.507. The molecule has 3 N–H and O–H groups in total. The number of hydrogen-bond donors (Lipinski definition) is 2. The number of carbonyl (C=O) groups is 2. The van der Waals surface area contributed by atoms with Crippen molar-refractivity contribution in [3.8, 4) is 0 Å². The molecule has 4 rings (SSSR count). The highest BCUT2D eigenvalue weighted by Crippen LogP contribution is 2.33. The van der Waals surface area contributed by atoms with Crippen LogP contribution in [0.5, 0.6) is 0 Å². The number of furan rings is 1. The molecule has 5 heteroatoms. The molecule has 0 fully saturated rings. The standard InChI is InChI=1S/C23H20N2O3/c24-20-9-8-16(23(27)15-5-2-1-3-6-15)13-21(20)25-18-11-17(12-19(26)14-18)22-7-4-10-28-22/h1-10,13-14,17,25H,11-12,24H2/t17-/m1/s1. The van der Waals surface area contributed by atoms with Gasteiger partial charge in [0.05, 0.1) is 17.6 Å². The molecule has 28 heavy (non-hydrogen) atoms. The maximum Gasteiger partial charge on any atom is 0.193 e. The van der Waals surface area contributed by atoms with E-state index >= 15 is 0 Å². The van der Waals surface area contributed by atoms with Gasteiger partial charge in [-0.3, -0.25) is 9.59 Å². The highest BCUT2D eigenvalue weighted by Gasteiger charge is 2.24. The van der Waals surface area contributed by atoms with E-state index in [1.165, 1.54) is 0 Å². The van der Waals surface area contributed by atoms with Gasteiger partial charge in [0.25, 0.3) is 0 Å². The molecule has 0 amide bonds. The van der Waals surface area contributed by atoms with Gasteiger partial charge in [0.1, 0.15) is 5.76 Å². The van der Waals surface area contributed by atoms with E-state index in [2.05, 4.69) is 5.32 Å². The Hall–Kier alpha value is -3.60. The number of ketones is 2. The van der Waals surface area contributed by atoms with Crippen molar-refractivity contribution in [2.75, 3.05) is 11.1 Å². The zero-order valence-electron chi connectivity index (χ0n) is 15.2. The van der Waals surface area contributed by atoms with Crippen molar-refractivity contribution in [2.45, 2.75) is 18.8 Å². The minimum atomic E-state index is -0.0780. The molecule has 1 heterocycles. The number of benzene rings is 2. The zero-order chi connectivity index (χ0) is 19.5. The second-order valence-corrected chi connectivity index (χ2v) is 6.88. The van der Waals surface area contributed by atoms with Crippen molar-refractivity contribution < 1.29 is 14.0 Å². The fraction of sp³-hybridized carbons (Fsp3) is 0.130. The zero-order valence-corrected chi connectivity index (χ0v) is 15.2. The van der Waals surface area contributed by atoms with Crippen LogP contribution in [0.15, 0.2) is 83.1 Å². The van der Waals surface area contributed by atoms with Gasteiger partial charge in [-0.1, -0.05) is 30.3 Å². The lowest BCUT2D eigenvalue weighted by atomic mass is 9.89. The van der Waals surface area contributed by atoms with Crippen LogP contribution in [0, 0.1) is 0 Å². The summed E-state index contributed by atoms with van der Waals surface area (Å²) in [6.45, 7) is 0. The third-order valence-corrected chi connectivity index (χ3v) is 4.84. The Morgan fingerprint density at radius 3 is 2.57 bits per heavy atom. The second kappa shape index (κ2) is 7.56. The van der Waals surface area contributed by atoms with Crippen LogP contribution in [0.3, 0.4) is 0 Å². The second-order valence-electron chi connectivity index (χ2n) is 6.88. The lowest BCUT2D eigenvalue weighted by Gasteiger charge is -2.22. The minimum Gasteiger partial charge on any atom is -0.469 e. The molecule has 0 bridgehead atoms. The highest BCUT2D eigenvalue weighted by atomic mass is 16.3. The summed E-state index contributed by atoms with van der Waals surface area (Å²) in [5.41, 5.74) is 9.14. The lowest BCUT2D eigenvalue weighted by Crippen LogP contribution is -2.17. The summed E-state index contributed by atoms with van der Waals surface area (Å²) in [6.07, 6.45) is 4.27. The summed E-state index contributed by atoms with van der Waals surface area (Å²) in [5.74, 6) is 0.739. The first-order chi connectivity index (χ1) is 13.6. The van der Waals surface area contributed by atoms with Gasteiger partial charge in [-0.05, 0) is 36.8 Å². The SMILES string of the molecule is Nc1ccc(C(=O)c2ccccc2)cc1NC1=CC(=O)C[C@H](c2ccco2)C1. The highest BCUT2D eigenvalue weighted by molar-refractivity contribution is 6.09. The van der Waals surface area contributed by atoms with E-state index in [0.29, 0.717) is 35.3 Å². The molecule has 5 nitrogen and oxygen atoms in total. The Morgan fingerprint density at radius 1 is 1.00 bits per heavy atom. The summed E-state index contributed by atoms with van der Waals surface area (Å²) in [6, 6.07) is 17.9. The van der Waals surface area contributed by atoms with Crippen molar-refractivity contribution >= 4 is 22.9 Å². The van der Waals surface area contributed by atoms with Crippen LogP contribution in [0.25, 0.3) is 0 Å². The normalized spacial score (nSPS) is 16.5. The molecular formula is C23H20N2O3. The Kier molecular flexibility index (Phi) is 4.81. The molecule has 0 saturated carbocycles. The Bertz CT molecular complexity index is 1040. The van der Waals surface area contributed by atoms with Crippen LogP contribution in [0.4, 0.5) is 11.4 Å². The molecule has 1 aliphatic carbocycles. The number of hydrogen-bond acceptors (Lipinski definition) is 5. The third kappa shape index (κ3) is 3.74. The summed E-state index contributed by atoms with van der Waals surface area (Å²) in [7, 11) is 0. The number of carbonyl (C=O) groups excluding carboxylic acids is 2. The van der Waals surface area contributed by atoms with Crippen LogP contribution < -0.4 is 11.1 Å². The van der Waals surface area contributed by atoms with Crippen molar-refractivity contribution in [2.24, 2.45) is 0 Å². The van der Waals surface area contributed by atoms with Gasteiger partial charge < -0.3 is 15.5 Å². The van der Waals surface area contributed by atoms with E-state index in [-0.39, 0.29) is 17.5 Å². The molecule has 1 aliphatic rings. The molecule has 0 radical (unpaired) electrons. The first-order valence-corrected chi connectivity index (χ1v) is 9.13. The maximum atomic E-state index is 12.7. The monoisotopic (exact) mass is 372 g/mol. The van der Waals surface area contributed by atoms with Gasteiger partial charge in [-0.2, -0.15) is 0 Å². The van der Waals surface area contributed by atoms with E-state index in [0.717, 1.165) is 11.5 Å². The number of rotatable bonds is 5. The van der Waals surface area contributed by atoms with Crippen molar-refractivity contribution in [3.05, 3.63) is 95.6 Å². The van der Waals surface area contributed by atoms with Gasteiger partial charge in [-0.15, -0.1) is 0 Å². The van der Waals surface area contributed by atoms with Crippen LogP contribution >= 0.6 is 0 Å². The van der Waals surface area contributed by atoms with Crippen LogP contribution in [0.1, 0.15) is 40.4 Å². The van der Waals surface area contributed by atoms with E-state index < -0.39 is 0 Å². The fourth-order valence-electron chi connectivity index (χ4n) is 3.44. The van der Waals surface area contributed by atoms with E-state index in [9.17, 15) is 9.59 Å². The number of nitrogen functional groups attached to an aromatic ring is 1. The largest absolute Gasteiger partial charge is 0.469 e. The summed E-state index contributed by atoms with van der Waals surface area (Å²) >= 11 is 0. The van der Waals surface area contributed by atoms with Crippen molar-refractivity contribution in [3.63, 3.8) is 0 Å². The Balaban J connectivity index is 1.57. The average molecular weight is 372 g/mol. The van der Waals surface area contributed by atoms with Gasteiger partial charge in [0.15, 0.2) is 11.6 Å². The summed E-state index contributed by atoms with van der Waals surface area (Å²) in [5, 5.41) is 3.24. The molecule has 0 unspecified atom stereocenters. The molecule has 140 valence electrons. The number of anilines is 2. The summed E-state index contributed by atoms with van der Waals surface area (Å²) < 4.78 is 5.47. The lowest BCUT2D eigenvalue weighted by molar-refractivity contribution is -0.115. The van der Waals surface area contributed by atoms with E-state index in [4.69, 9.17) is 10.2 Å². The molecular weight excluding hydrogens is 352 g/mol. The molecule has 0 spiro atoms. The van der Waals surface area contributed by atoms with Crippen LogP contribution in [-0.2, 0) is 4.79 Å². The molecule has 1 atom stereocenters. The molecule has 2 aromatic carbocycles. The smallest absolute Gasteiger partial charge is 0.193 e. The van der Waals surface area contributed by atoms with Gasteiger partial charge in [0.2, 0.25) is 0 Å². The predicted octanol–water partition coefficient (Wildman–Crippen LogP) is 4.54. The third-order valence-electron chi connectivity index (χ3n) is 4.84. The Labute approximate surface area is 162 Å². The maximum absolute atomic E-state index is 12.7. The fourth-order valence-corrected chi connectivity index (χ4v) is 3.44. The van der Waals surface area contributed by atoms with Crippen LogP contribution in [0.2, 0.25) is 0 Å². The van der Waals surface area contributed by atoms with Crippen LogP contribution in [-0.4, -0.2) is 11.6 Å². The van der Waals surface area contributed by atoms with Gasteiger partial charge in [0, 0.05) is 35.2 Å². The number of nitrogens with two attached hydrogens (primary N) is 1. The van der Waals surface area contributed by atoms with E-state index in [1.54, 1.807) is 42.7 Å². The number of nitrogens with one attached hydrogen (secondary N) is 1. The molecule has 1 aromatic heterocycles. The average Bonchev–Trinajstić information content (AvgIpc) is 3.24. The van der Waals surface area contributed by atoms with E-state index in [1.807, 2.05) is 30.3 Å². The minimum absolute atomic E-state index is 0.00893. The van der Waals surface area contributed by atoms with Gasteiger partial charge >= 0.3 is 0 Å². The first kappa shape index (κ1) is 17.8. The van der Waals surface area contributed by atoms with Crippen molar-refractivity contribution in [1.82, 2.24) is 0 Å².